The van der Waals surface area contributed by atoms with Crippen LogP contribution in [0.25, 0.3) is 0 Å². The maximum absolute atomic E-state index is 11.8. The third-order valence-electron chi connectivity index (χ3n) is 4.57. The molecule has 0 bridgehead atoms. The van der Waals surface area contributed by atoms with Gasteiger partial charge in [-0.05, 0) is 24.3 Å². The summed E-state index contributed by atoms with van der Waals surface area (Å²) < 4.78 is 0. The first kappa shape index (κ1) is 17.9. The summed E-state index contributed by atoms with van der Waals surface area (Å²) in [6, 6.07) is 0. The van der Waals surface area contributed by atoms with E-state index in [1.165, 1.54) is 0 Å². The third-order valence-corrected chi connectivity index (χ3v) is 7.35. The van der Waals surface area contributed by atoms with E-state index in [4.69, 9.17) is 0 Å². The second kappa shape index (κ2) is 7.25. The van der Waals surface area contributed by atoms with Crippen molar-refractivity contribution in [3.8, 4) is 0 Å². The van der Waals surface area contributed by atoms with Crippen molar-refractivity contribution in [1.82, 2.24) is 0 Å². The molecule has 1 saturated carbocycles. The van der Waals surface area contributed by atoms with Crippen LogP contribution in [0.4, 0.5) is 0 Å². The zero-order valence-corrected chi connectivity index (χ0v) is 14.6. The van der Waals surface area contributed by atoms with Crippen molar-refractivity contribution in [3.05, 3.63) is 11.1 Å². The molecule has 0 heterocycles. The summed E-state index contributed by atoms with van der Waals surface area (Å²) >= 11 is 0. The van der Waals surface area contributed by atoms with Crippen LogP contribution < -0.4 is 0 Å². The molecule has 0 aromatic carbocycles. The van der Waals surface area contributed by atoms with E-state index in [2.05, 4.69) is 19.6 Å². The predicted molar refractivity (Wildman–Crippen MR) is 86.3 cm³/mol. The first-order valence-electron chi connectivity index (χ1n) is 7.90. The standard InChI is InChI=1S/C16H28O4Si/c1-5-12(21(2,3)4)14(16(19)20)13(15(17)18)11-9-7-6-8-10-11/h11-12H,5-10H2,1-4H3,(H,17,18)(H,19,20). The van der Waals surface area contributed by atoms with Crippen LogP contribution in [0.15, 0.2) is 11.1 Å². The number of carbonyl (C=O) groups is 2. The van der Waals surface area contributed by atoms with Gasteiger partial charge in [0.25, 0.3) is 0 Å². The molecule has 1 aliphatic carbocycles. The van der Waals surface area contributed by atoms with Crippen LogP contribution in [0.1, 0.15) is 45.4 Å². The molecule has 5 heteroatoms. The minimum absolute atomic E-state index is 0.0900. The second-order valence-corrected chi connectivity index (χ2v) is 12.5. The minimum atomic E-state index is -1.79. The van der Waals surface area contributed by atoms with E-state index in [0.717, 1.165) is 32.1 Å². The Kier molecular flexibility index (Phi) is 6.19. The Hall–Kier alpha value is -1.10. The second-order valence-electron chi connectivity index (χ2n) is 7.10. The van der Waals surface area contributed by atoms with Crippen molar-refractivity contribution >= 4 is 20.0 Å². The van der Waals surface area contributed by atoms with Gasteiger partial charge in [0.2, 0.25) is 0 Å². The molecule has 0 aromatic heterocycles. The number of carboxylic acids is 2. The molecule has 0 amide bonds. The topological polar surface area (TPSA) is 74.6 Å². The summed E-state index contributed by atoms with van der Waals surface area (Å²) in [6.07, 6.45) is 5.43. The predicted octanol–water partition coefficient (Wildman–Crippen LogP) is 4.15. The van der Waals surface area contributed by atoms with E-state index >= 15 is 0 Å². The average Bonchev–Trinajstić information content (AvgIpc) is 2.37. The van der Waals surface area contributed by atoms with Crippen LogP contribution in [0.2, 0.25) is 25.2 Å². The van der Waals surface area contributed by atoms with Gasteiger partial charge in [-0.25, -0.2) is 9.59 Å². The fraction of sp³-hybridized carbons (Fsp3) is 0.750. The highest BCUT2D eigenvalue weighted by atomic mass is 28.3. The fourth-order valence-electron chi connectivity index (χ4n) is 3.60. The van der Waals surface area contributed by atoms with Crippen LogP contribution in [0, 0.1) is 5.92 Å². The van der Waals surface area contributed by atoms with E-state index in [0.29, 0.717) is 6.42 Å². The Morgan fingerprint density at radius 1 is 1.05 bits per heavy atom. The minimum Gasteiger partial charge on any atom is -0.478 e. The number of carboxylic acid groups (broad SMARTS) is 2. The highest BCUT2D eigenvalue weighted by molar-refractivity contribution is 6.78. The van der Waals surface area contributed by atoms with Crippen molar-refractivity contribution in [1.29, 1.82) is 0 Å². The number of rotatable bonds is 6. The van der Waals surface area contributed by atoms with Gasteiger partial charge in [0.15, 0.2) is 0 Å². The maximum Gasteiger partial charge on any atom is 0.332 e. The van der Waals surface area contributed by atoms with Crippen molar-refractivity contribution < 1.29 is 19.8 Å². The van der Waals surface area contributed by atoms with Crippen LogP contribution in [0.3, 0.4) is 0 Å². The van der Waals surface area contributed by atoms with E-state index in [-0.39, 0.29) is 22.6 Å². The Morgan fingerprint density at radius 3 is 1.90 bits per heavy atom. The highest BCUT2D eigenvalue weighted by Gasteiger charge is 2.38. The lowest BCUT2D eigenvalue weighted by molar-refractivity contribution is -0.136. The number of aliphatic carboxylic acids is 2. The SMILES string of the molecule is CCC(C(C(=O)O)=C(C(=O)O)C1CCCCC1)[Si](C)(C)C. The Balaban J connectivity index is 3.40. The molecule has 0 aromatic rings. The molecule has 2 N–H and O–H groups in total. The summed E-state index contributed by atoms with van der Waals surface area (Å²) in [5.74, 6) is -2.16. The van der Waals surface area contributed by atoms with Gasteiger partial charge in [0.05, 0.1) is 13.6 Å². The van der Waals surface area contributed by atoms with Gasteiger partial charge < -0.3 is 10.2 Å². The Labute approximate surface area is 128 Å². The molecule has 4 nitrogen and oxygen atoms in total. The third kappa shape index (κ3) is 4.43. The van der Waals surface area contributed by atoms with Crippen molar-refractivity contribution in [3.63, 3.8) is 0 Å². The molecule has 120 valence electrons. The fourth-order valence-corrected chi connectivity index (χ4v) is 5.97. The van der Waals surface area contributed by atoms with Gasteiger partial charge in [-0.15, -0.1) is 0 Å². The Morgan fingerprint density at radius 2 is 1.57 bits per heavy atom. The molecule has 1 fully saturated rings. The summed E-state index contributed by atoms with van der Waals surface area (Å²) in [6.45, 7) is 8.31. The molecular weight excluding hydrogens is 284 g/mol. The van der Waals surface area contributed by atoms with Crippen molar-refractivity contribution in [2.75, 3.05) is 0 Å². The Bertz CT molecular complexity index is 428. The first-order valence-corrected chi connectivity index (χ1v) is 11.5. The highest BCUT2D eigenvalue weighted by Crippen LogP contribution is 2.40. The lowest BCUT2D eigenvalue weighted by Crippen LogP contribution is -2.34. The van der Waals surface area contributed by atoms with Crippen molar-refractivity contribution in [2.24, 2.45) is 5.92 Å². The molecule has 1 atom stereocenters. The number of hydrogen-bond acceptors (Lipinski definition) is 2. The van der Waals surface area contributed by atoms with Gasteiger partial charge in [0, 0.05) is 5.57 Å². The molecular formula is C16H28O4Si. The normalized spacial score (nSPS) is 19.8. The lowest BCUT2D eigenvalue weighted by Gasteiger charge is -2.32. The molecule has 1 aliphatic rings. The van der Waals surface area contributed by atoms with Gasteiger partial charge in [-0.2, -0.15) is 0 Å². The van der Waals surface area contributed by atoms with Crippen LogP contribution in [-0.4, -0.2) is 30.2 Å². The van der Waals surface area contributed by atoms with E-state index in [9.17, 15) is 19.8 Å². The summed E-state index contributed by atoms with van der Waals surface area (Å²) in [7, 11) is -1.79. The maximum atomic E-state index is 11.8. The zero-order valence-electron chi connectivity index (χ0n) is 13.6. The molecule has 21 heavy (non-hydrogen) atoms. The summed E-state index contributed by atoms with van der Waals surface area (Å²) in [5.41, 5.74) is 0.274. The van der Waals surface area contributed by atoms with Crippen molar-refractivity contribution in [2.45, 2.75) is 70.6 Å². The molecule has 0 spiro atoms. The zero-order chi connectivity index (χ0) is 16.2. The summed E-state index contributed by atoms with van der Waals surface area (Å²) in [4.78, 5) is 23.6. The van der Waals surface area contributed by atoms with Crippen LogP contribution in [-0.2, 0) is 9.59 Å². The smallest absolute Gasteiger partial charge is 0.332 e. The molecule has 0 radical (unpaired) electrons. The largest absolute Gasteiger partial charge is 0.478 e. The van der Waals surface area contributed by atoms with E-state index in [1.54, 1.807) is 0 Å². The quantitative estimate of drug-likeness (QED) is 0.570. The van der Waals surface area contributed by atoms with E-state index < -0.39 is 20.0 Å². The number of hydrogen-bond donors (Lipinski definition) is 2. The molecule has 1 rings (SSSR count). The van der Waals surface area contributed by atoms with Gasteiger partial charge in [-0.3, -0.25) is 0 Å². The van der Waals surface area contributed by atoms with E-state index in [1.807, 2.05) is 6.92 Å². The monoisotopic (exact) mass is 312 g/mol. The van der Waals surface area contributed by atoms with Gasteiger partial charge in [-0.1, -0.05) is 52.2 Å². The molecule has 0 aliphatic heterocycles. The van der Waals surface area contributed by atoms with Crippen LogP contribution in [0.5, 0.6) is 0 Å². The average molecular weight is 312 g/mol. The molecule has 0 saturated heterocycles. The van der Waals surface area contributed by atoms with Gasteiger partial charge >= 0.3 is 11.9 Å². The van der Waals surface area contributed by atoms with Gasteiger partial charge in [0.1, 0.15) is 0 Å². The van der Waals surface area contributed by atoms with Crippen LogP contribution >= 0.6 is 0 Å². The summed E-state index contributed by atoms with van der Waals surface area (Å²) in [5, 5.41) is 19.3. The first-order chi connectivity index (χ1) is 9.70. The lowest BCUT2D eigenvalue weighted by atomic mass is 9.81. The molecule has 1 unspecified atom stereocenters.